The van der Waals surface area contributed by atoms with Crippen LogP contribution >= 0.6 is 11.6 Å². The third-order valence-corrected chi connectivity index (χ3v) is 5.58. The summed E-state index contributed by atoms with van der Waals surface area (Å²) in [5.74, 6) is -0.692. The average Bonchev–Trinajstić information content (AvgIpc) is 3.01. The molecule has 0 atom stereocenters. The summed E-state index contributed by atoms with van der Waals surface area (Å²) in [6, 6.07) is 4.78. The van der Waals surface area contributed by atoms with Crippen molar-refractivity contribution in [3.63, 3.8) is 0 Å². The zero-order chi connectivity index (χ0) is 18.9. The first kappa shape index (κ1) is 18.7. The number of carbonyl (C=O) groups is 1. The Labute approximate surface area is 156 Å². The Kier molecular flexibility index (Phi) is 5.20. The first-order valence-corrected chi connectivity index (χ1v) is 9.04. The van der Waals surface area contributed by atoms with E-state index in [2.05, 4.69) is 16.9 Å². The Morgan fingerprint density at radius 1 is 1.38 bits per heavy atom. The van der Waals surface area contributed by atoms with Crippen molar-refractivity contribution in [3.05, 3.63) is 46.4 Å². The van der Waals surface area contributed by atoms with Crippen LogP contribution < -0.4 is 11.5 Å². The minimum absolute atomic E-state index is 0.163. The molecular formula is C18H23ClFN5O. The predicted molar refractivity (Wildman–Crippen MR) is 99.3 cm³/mol. The Bertz CT molecular complexity index is 814. The third kappa shape index (κ3) is 3.54. The quantitative estimate of drug-likeness (QED) is 0.835. The number of nitrogens with zero attached hydrogens (tertiary/aromatic N) is 3. The Morgan fingerprint density at radius 2 is 2.08 bits per heavy atom. The normalized spacial score (nSPS) is 17.3. The molecule has 6 nitrogen and oxygen atoms in total. The van der Waals surface area contributed by atoms with Crippen molar-refractivity contribution in [1.82, 2.24) is 14.7 Å². The number of benzene rings is 1. The molecule has 8 heteroatoms. The highest BCUT2D eigenvalue weighted by molar-refractivity contribution is 6.30. The van der Waals surface area contributed by atoms with Crippen LogP contribution in [0.3, 0.4) is 0 Å². The molecule has 0 spiro atoms. The highest BCUT2D eigenvalue weighted by Gasteiger charge is 2.36. The molecule has 3 rings (SSSR count). The lowest BCUT2D eigenvalue weighted by Gasteiger charge is -2.41. The number of nitrogens with two attached hydrogens (primary N) is 2. The van der Waals surface area contributed by atoms with Crippen molar-refractivity contribution in [2.24, 2.45) is 5.73 Å². The number of primary amides is 1. The maximum absolute atomic E-state index is 14.0. The van der Waals surface area contributed by atoms with Crippen LogP contribution in [0.2, 0.25) is 5.02 Å². The van der Waals surface area contributed by atoms with Crippen molar-refractivity contribution in [1.29, 1.82) is 0 Å². The van der Waals surface area contributed by atoms with Crippen LogP contribution in [0.4, 0.5) is 10.2 Å². The van der Waals surface area contributed by atoms with Gasteiger partial charge in [0, 0.05) is 36.4 Å². The number of hydrogen-bond acceptors (Lipinski definition) is 4. The number of aromatic nitrogens is 2. The summed E-state index contributed by atoms with van der Waals surface area (Å²) >= 11 is 5.81. The first-order chi connectivity index (χ1) is 12.3. The lowest BCUT2D eigenvalue weighted by atomic mass is 9.85. The van der Waals surface area contributed by atoms with Gasteiger partial charge in [0.1, 0.15) is 11.4 Å². The fourth-order valence-corrected chi connectivity index (χ4v) is 3.74. The highest BCUT2D eigenvalue weighted by Crippen LogP contribution is 2.34. The number of carbonyl (C=O) groups excluding carboxylic acids is 1. The number of halogens is 2. The molecule has 1 aliphatic rings. The minimum Gasteiger partial charge on any atom is -0.382 e. The standard InChI is InChI=1S/C18H23ClFN5O/c1-2-18(25-11-14(17(22)26)16(21)23-25)5-7-24(8-6-18)10-12-3-4-13(19)9-15(12)20/h3-4,9,11H,2,5-8,10H2,1H3,(H2,21,23)(H2,22,26). The number of piperidine rings is 1. The number of likely N-dealkylation sites (tertiary alicyclic amines) is 1. The van der Waals surface area contributed by atoms with E-state index in [9.17, 15) is 9.18 Å². The fraction of sp³-hybridized carbons (Fsp3) is 0.444. The maximum atomic E-state index is 14.0. The van der Waals surface area contributed by atoms with Crippen LogP contribution in [0.15, 0.2) is 24.4 Å². The van der Waals surface area contributed by atoms with E-state index >= 15 is 0 Å². The van der Waals surface area contributed by atoms with Crippen molar-refractivity contribution >= 4 is 23.3 Å². The van der Waals surface area contributed by atoms with E-state index < -0.39 is 5.91 Å². The van der Waals surface area contributed by atoms with Crippen LogP contribution in [0.25, 0.3) is 0 Å². The van der Waals surface area contributed by atoms with Crippen molar-refractivity contribution in [2.75, 3.05) is 18.8 Å². The largest absolute Gasteiger partial charge is 0.382 e. The second kappa shape index (κ2) is 7.25. The molecule has 4 N–H and O–H groups in total. The molecule has 1 saturated heterocycles. The summed E-state index contributed by atoms with van der Waals surface area (Å²) in [5, 5.41) is 4.73. The van der Waals surface area contributed by atoms with Crippen LogP contribution in [0, 0.1) is 5.82 Å². The molecule has 1 aliphatic heterocycles. The van der Waals surface area contributed by atoms with E-state index in [-0.39, 0.29) is 22.7 Å². The van der Waals surface area contributed by atoms with Crippen LogP contribution in [-0.4, -0.2) is 33.7 Å². The van der Waals surface area contributed by atoms with Crippen LogP contribution in [0.1, 0.15) is 42.1 Å². The first-order valence-electron chi connectivity index (χ1n) is 8.66. The number of anilines is 1. The van der Waals surface area contributed by atoms with Crippen LogP contribution in [-0.2, 0) is 12.1 Å². The van der Waals surface area contributed by atoms with Gasteiger partial charge in [-0.1, -0.05) is 24.6 Å². The van der Waals surface area contributed by atoms with Gasteiger partial charge in [-0.2, -0.15) is 5.10 Å². The number of nitrogen functional groups attached to an aromatic ring is 1. The molecule has 0 unspecified atom stereocenters. The molecule has 1 fully saturated rings. The van der Waals surface area contributed by atoms with Crippen LogP contribution in [0.5, 0.6) is 0 Å². The molecule has 2 heterocycles. The Hall–Kier alpha value is -2.12. The monoisotopic (exact) mass is 379 g/mol. The van der Waals surface area contributed by atoms with Gasteiger partial charge >= 0.3 is 0 Å². The van der Waals surface area contributed by atoms with Gasteiger partial charge < -0.3 is 11.5 Å². The van der Waals surface area contributed by atoms with Gasteiger partial charge in [-0.15, -0.1) is 0 Å². The van der Waals surface area contributed by atoms with E-state index in [0.717, 1.165) is 32.4 Å². The Balaban J connectivity index is 1.72. The SMILES string of the molecule is CCC1(n2cc(C(N)=O)c(N)n2)CCN(Cc2ccc(Cl)cc2F)CC1. The van der Waals surface area contributed by atoms with E-state index in [1.165, 1.54) is 6.07 Å². The molecule has 0 radical (unpaired) electrons. The van der Waals surface area contributed by atoms with Gasteiger partial charge in [0.25, 0.3) is 5.91 Å². The average molecular weight is 380 g/mol. The van der Waals surface area contributed by atoms with Gasteiger partial charge in [-0.25, -0.2) is 4.39 Å². The highest BCUT2D eigenvalue weighted by atomic mass is 35.5. The molecule has 1 aromatic heterocycles. The zero-order valence-corrected chi connectivity index (χ0v) is 15.5. The van der Waals surface area contributed by atoms with Gasteiger partial charge in [-0.05, 0) is 31.4 Å². The van der Waals surface area contributed by atoms with E-state index in [4.69, 9.17) is 23.1 Å². The number of rotatable bonds is 5. The Morgan fingerprint density at radius 3 is 2.62 bits per heavy atom. The number of hydrogen-bond donors (Lipinski definition) is 2. The predicted octanol–water partition coefficient (Wildman–Crippen LogP) is 2.76. The molecule has 140 valence electrons. The molecule has 0 aliphatic carbocycles. The maximum Gasteiger partial charge on any atom is 0.254 e. The topological polar surface area (TPSA) is 90.2 Å². The molecule has 2 aromatic rings. The van der Waals surface area contributed by atoms with Crippen molar-refractivity contribution in [3.8, 4) is 0 Å². The molecular weight excluding hydrogens is 357 g/mol. The van der Waals surface area contributed by atoms with E-state index in [1.807, 2.05) is 0 Å². The molecule has 0 bridgehead atoms. The van der Waals surface area contributed by atoms with Gasteiger partial charge in [0.15, 0.2) is 5.82 Å². The summed E-state index contributed by atoms with van der Waals surface area (Å²) in [4.78, 5) is 13.7. The molecule has 1 amide bonds. The molecule has 1 aromatic carbocycles. The molecule has 0 saturated carbocycles. The lowest BCUT2D eigenvalue weighted by molar-refractivity contribution is 0.0900. The smallest absolute Gasteiger partial charge is 0.254 e. The van der Waals surface area contributed by atoms with Crippen molar-refractivity contribution < 1.29 is 9.18 Å². The summed E-state index contributed by atoms with van der Waals surface area (Å²) in [6.07, 6.45) is 4.17. The summed E-state index contributed by atoms with van der Waals surface area (Å²) < 4.78 is 15.8. The second-order valence-electron chi connectivity index (χ2n) is 6.83. The lowest BCUT2D eigenvalue weighted by Crippen LogP contribution is -2.46. The van der Waals surface area contributed by atoms with E-state index in [0.29, 0.717) is 17.1 Å². The molecule has 26 heavy (non-hydrogen) atoms. The van der Waals surface area contributed by atoms with Gasteiger partial charge in [-0.3, -0.25) is 14.4 Å². The van der Waals surface area contributed by atoms with E-state index in [1.54, 1.807) is 23.0 Å². The van der Waals surface area contributed by atoms with Gasteiger partial charge in [0.05, 0.1) is 5.54 Å². The second-order valence-corrected chi connectivity index (χ2v) is 7.26. The van der Waals surface area contributed by atoms with Gasteiger partial charge in [0.2, 0.25) is 0 Å². The zero-order valence-electron chi connectivity index (χ0n) is 14.7. The van der Waals surface area contributed by atoms with Crippen molar-refractivity contribution in [2.45, 2.75) is 38.3 Å². The summed E-state index contributed by atoms with van der Waals surface area (Å²) in [7, 11) is 0. The number of amides is 1. The summed E-state index contributed by atoms with van der Waals surface area (Å²) in [6.45, 7) is 4.22. The fourth-order valence-electron chi connectivity index (χ4n) is 3.58. The third-order valence-electron chi connectivity index (χ3n) is 5.35. The minimum atomic E-state index is -0.573. The summed E-state index contributed by atoms with van der Waals surface area (Å²) in [5.41, 5.74) is 11.9.